The fourth-order valence-corrected chi connectivity index (χ4v) is 4.07. The van der Waals surface area contributed by atoms with Crippen LogP contribution < -0.4 is 10.5 Å². The van der Waals surface area contributed by atoms with E-state index in [4.69, 9.17) is 15.0 Å². The van der Waals surface area contributed by atoms with Crippen LogP contribution in [0.3, 0.4) is 0 Å². The molecule has 13 heteroatoms. The molecule has 0 aromatic heterocycles. The summed E-state index contributed by atoms with van der Waals surface area (Å²) < 4.78 is 68.5. The van der Waals surface area contributed by atoms with Crippen LogP contribution in [0.1, 0.15) is 22.3 Å². The van der Waals surface area contributed by atoms with E-state index < -0.39 is 27.8 Å². The number of carbonyl (C=O) groups excluding carboxylic acids is 1. The Labute approximate surface area is 170 Å². The fraction of sp³-hybridized carbons (Fsp3) is 0.529. The van der Waals surface area contributed by atoms with Gasteiger partial charge in [-0.2, -0.15) is 13.2 Å². The van der Waals surface area contributed by atoms with Gasteiger partial charge in [0, 0.05) is 31.7 Å². The lowest BCUT2D eigenvalue weighted by atomic mass is 9.89. The van der Waals surface area contributed by atoms with Gasteiger partial charge >= 0.3 is 12.1 Å². The molecule has 168 valence electrons. The molecule has 2 saturated heterocycles. The van der Waals surface area contributed by atoms with Gasteiger partial charge in [0.2, 0.25) is 10.0 Å². The first-order valence-electron chi connectivity index (χ1n) is 8.81. The predicted octanol–water partition coefficient (Wildman–Crippen LogP) is 0.839. The number of halogens is 4. The van der Waals surface area contributed by atoms with Crippen molar-refractivity contribution in [3.8, 4) is 0 Å². The highest BCUT2D eigenvalue weighted by atomic mass is 32.2. The number of hydrogen-bond donors (Lipinski definition) is 3. The summed E-state index contributed by atoms with van der Waals surface area (Å²) in [6.45, 7) is 1.36. The highest BCUT2D eigenvalue weighted by Gasteiger charge is 2.39. The SMILES string of the molecule is NS(=O)(=O)CC1CCN(C(=O)c2cccc(C3(F)CNC3)c2)C1.O=C(O)C(F)(F)F. The smallest absolute Gasteiger partial charge is 0.475 e. The number of primary sulfonamides is 1. The molecule has 1 aromatic rings. The molecule has 0 saturated carbocycles. The summed E-state index contributed by atoms with van der Waals surface area (Å²) in [5.74, 6) is -3.21. The van der Waals surface area contributed by atoms with Crippen LogP contribution >= 0.6 is 0 Å². The molecule has 1 aromatic carbocycles. The van der Waals surface area contributed by atoms with Crippen LogP contribution in [-0.2, 0) is 20.5 Å². The molecule has 1 unspecified atom stereocenters. The Morgan fingerprint density at radius 1 is 1.30 bits per heavy atom. The van der Waals surface area contributed by atoms with Crippen LogP contribution in [0.5, 0.6) is 0 Å². The molecular weight excluding hydrogens is 434 g/mol. The number of carboxylic acids is 1. The number of rotatable bonds is 4. The van der Waals surface area contributed by atoms with Crippen molar-refractivity contribution in [1.29, 1.82) is 0 Å². The van der Waals surface area contributed by atoms with Crippen LogP contribution in [0.25, 0.3) is 0 Å². The van der Waals surface area contributed by atoms with E-state index in [1.807, 2.05) is 0 Å². The zero-order valence-electron chi connectivity index (χ0n) is 15.7. The molecule has 2 heterocycles. The highest BCUT2D eigenvalue weighted by molar-refractivity contribution is 7.89. The zero-order chi connectivity index (χ0) is 22.7. The van der Waals surface area contributed by atoms with E-state index in [2.05, 4.69) is 5.32 Å². The van der Waals surface area contributed by atoms with Crippen molar-refractivity contribution in [1.82, 2.24) is 10.2 Å². The second kappa shape index (κ2) is 8.86. The highest BCUT2D eigenvalue weighted by Crippen LogP contribution is 2.31. The largest absolute Gasteiger partial charge is 0.490 e. The number of carboxylic acid groups (broad SMARTS) is 1. The van der Waals surface area contributed by atoms with E-state index in [1.165, 1.54) is 0 Å². The number of nitrogens with zero attached hydrogens (tertiary/aromatic N) is 1. The first kappa shape index (κ1) is 24.0. The minimum atomic E-state index is -5.08. The molecule has 0 aliphatic carbocycles. The molecule has 0 radical (unpaired) electrons. The molecule has 30 heavy (non-hydrogen) atoms. The number of sulfonamides is 1. The maximum atomic E-state index is 14.4. The third kappa shape index (κ3) is 6.37. The molecule has 2 fully saturated rings. The summed E-state index contributed by atoms with van der Waals surface area (Å²) in [4.78, 5) is 23.1. The van der Waals surface area contributed by atoms with Gasteiger partial charge < -0.3 is 15.3 Å². The zero-order valence-corrected chi connectivity index (χ0v) is 16.5. The molecule has 8 nitrogen and oxygen atoms in total. The van der Waals surface area contributed by atoms with Crippen molar-refractivity contribution in [2.45, 2.75) is 18.3 Å². The topological polar surface area (TPSA) is 130 Å². The Bertz CT molecular complexity index is 903. The van der Waals surface area contributed by atoms with Crippen molar-refractivity contribution < 1.29 is 40.7 Å². The number of alkyl halides is 4. The second-order valence-electron chi connectivity index (χ2n) is 7.19. The number of likely N-dealkylation sites (tertiary alicyclic amines) is 1. The first-order chi connectivity index (χ1) is 13.7. The third-order valence-corrected chi connectivity index (χ3v) is 5.66. The van der Waals surface area contributed by atoms with Gasteiger partial charge in [-0.25, -0.2) is 22.7 Å². The number of nitrogens with one attached hydrogen (secondary N) is 1. The molecular formula is C17H21F4N3O5S. The fourth-order valence-electron chi connectivity index (χ4n) is 3.14. The van der Waals surface area contributed by atoms with Crippen LogP contribution in [0.4, 0.5) is 17.6 Å². The number of benzene rings is 1. The normalized spacial score (nSPS) is 20.7. The summed E-state index contributed by atoms with van der Waals surface area (Å²) >= 11 is 0. The van der Waals surface area contributed by atoms with Crippen molar-refractivity contribution in [3.05, 3.63) is 35.4 Å². The predicted molar refractivity (Wildman–Crippen MR) is 97.8 cm³/mol. The summed E-state index contributed by atoms with van der Waals surface area (Å²) in [5, 5.41) is 15.1. The molecule has 1 amide bonds. The Morgan fingerprint density at radius 3 is 2.37 bits per heavy atom. The van der Waals surface area contributed by atoms with Crippen molar-refractivity contribution in [2.24, 2.45) is 11.1 Å². The first-order valence-corrected chi connectivity index (χ1v) is 10.5. The van der Waals surface area contributed by atoms with Gasteiger partial charge in [-0.15, -0.1) is 0 Å². The average Bonchev–Trinajstić information content (AvgIpc) is 3.05. The molecule has 0 spiro atoms. The summed E-state index contributed by atoms with van der Waals surface area (Å²) in [6, 6.07) is 6.62. The maximum absolute atomic E-state index is 14.4. The second-order valence-corrected chi connectivity index (χ2v) is 8.85. The minimum absolute atomic E-state index is 0.115. The lowest BCUT2D eigenvalue weighted by Gasteiger charge is -2.35. The van der Waals surface area contributed by atoms with Gasteiger partial charge in [0.15, 0.2) is 5.67 Å². The van der Waals surface area contributed by atoms with E-state index in [-0.39, 0.29) is 30.7 Å². The Morgan fingerprint density at radius 2 is 1.90 bits per heavy atom. The molecule has 2 aliphatic rings. The average molecular weight is 455 g/mol. The number of carbonyl (C=O) groups is 2. The van der Waals surface area contributed by atoms with E-state index in [0.29, 0.717) is 30.6 Å². The monoisotopic (exact) mass is 455 g/mol. The van der Waals surface area contributed by atoms with Crippen LogP contribution in [-0.4, -0.2) is 68.4 Å². The summed E-state index contributed by atoms with van der Waals surface area (Å²) in [5.41, 5.74) is -0.470. The molecule has 4 N–H and O–H groups in total. The molecule has 1 atom stereocenters. The Balaban J connectivity index is 0.000000396. The Kier molecular flexibility index (Phi) is 7.09. The molecule has 2 aliphatic heterocycles. The van der Waals surface area contributed by atoms with Crippen molar-refractivity contribution in [3.63, 3.8) is 0 Å². The van der Waals surface area contributed by atoms with Crippen molar-refractivity contribution in [2.75, 3.05) is 31.9 Å². The minimum Gasteiger partial charge on any atom is -0.475 e. The van der Waals surface area contributed by atoms with Gasteiger partial charge in [-0.05, 0) is 30.0 Å². The maximum Gasteiger partial charge on any atom is 0.490 e. The van der Waals surface area contributed by atoms with Crippen molar-refractivity contribution >= 4 is 21.9 Å². The lowest BCUT2D eigenvalue weighted by molar-refractivity contribution is -0.192. The number of hydrogen-bond acceptors (Lipinski definition) is 5. The Hall–Kier alpha value is -2.25. The summed E-state index contributed by atoms with van der Waals surface area (Å²) in [6.07, 6.45) is -4.47. The number of amides is 1. The standard InChI is InChI=1S/C15H20FN3O3S.C2HF3O2/c16-15(9-18-10-15)13-3-1-2-12(6-13)14(20)19-5-4-11(7-19)8-23(17,21)22;3-2(4,5)1(6)7/h1-3,6,11,18H,4-5,7-10H2,(H2,17,21,22);(H,6,7). The molecule has 0 bridgehead atoms. The molecule has 3 rings (SSSR count). The van der Waals surface area contributed by atoms with Crippen LogP contribution in [0, 0.1) is 5.92 Å². The summed E-state index contributed by atoms with van der Waals surface area (Å²) in [7, 11) is -3.54. The number of aliphatic carboxylic acids is 1. The van der Waals surface area contributed by atoms with E-state index in [9.17, 15) is 30.8 Å². The van der Waals surface area contributed by atoms with Gasteiger partial charge in [-0.3, -0.25) is 4.79 Å². The van der Waals surface area contributed by atoms with E-state index in [1.54, 1.807) is 29.2 Å². The lowest BCUT2D eigenvalue weighted by Crippen LogP contribution is -2.53. The van der Waals surface area contributed by atoms with Gasteiger partial charge in [-0.1, -0.05) is 12.1 Å². The van der Waals surface area contributed by atoms with Crippen LogP contribution in [0.15, 0.2) is 24.3 Å². The van der Waals surface area contributed by atoms with E-state index in [0.717, 1.165) is 0 Å². The quantitative estimate of drug-likeness (QED) is 0.577. The van der Waals surface area contributed by atoms with Gasteiger partial charge in [0.1, 0.15) is 0 Å². The van der Waals surface area contributed by atoms with E-state index >= 15 is 0 Å². The van der Waals surface area contributed by atoms with Crippen LogP contribution in [0.2, 0.25) is 0 Å². The third-order valence-electron chi connectivity index (χ3n) is 4.72. The van der Waals surface area contributed by atoms with Gasteiger partial charge in [0.25, 0.3) is 5.91 Å². The number of nitrogens with two attached hydrogens (primary N) is 1. The van der Waals surface area contributed by atoms with Gasteiger partial charge in [0.05, 0.1) is 5.75 Å².